The zero-order valence-electron chi connectivity index (χ0n) is 6.24. The van der Waals surface area contributed by atoms with Crippen molar-refractivity contribution in [2.75, 3.05) is 0 Å². The molecule has 0 amide bonds. The summed E-state index contributed by atoms with van der Waals surface area (Å²) in [5.41, 5.74) is -0.0622. The van der Waals surface area contributed by atoms with Gasteiger partial charge in [0.1, 0.15) is 11.6 Å². The minimum absolute atomic E-state index is 0.0622. The van der Waals surface area contributed by atoms with Gasteiger partial charge in [-0.25, -0.2) is 4.98 Å². The van der Waals surface area contributed by atoms with E-state index in [1.54, 1.807) is 6.07 Å². The number of pyridine rings is 1. The molecule has 0 aliphatic carbocycles. The Morgan fingerprint density at radius 2 is 2.31 bits per heavy atom. The van der Waals surface area contributed by atoms with Gasteiger partial charge in [0, 0.05) is 11.1 Å². The van der Waals surface area contributed by atoms with Gasteiger partial charge in [0.25, 0.3) is 0 Å². The van der Waals surface area contributed by atoms with Crippen LogP contribution in [0.3, 0.4) is 0 Å². The lowest BCUT2D eigenvalue weighted by Crippen LogP contribution is -2.05. The Morgan fingerprint density at radius 3 is 2.85 bits per heavy atom. The van der Waals surface area contributed by atoms with E-state index in [2.05, 4.69) is 22.3 Å². The van der Waals surface area contributed by atoms with E-state index in [-0.39, 0.29) is 11.4 Å². The van der Waals surface area contributed by atoms with Crippen LogP contribution in [0.1, 0.15) is 5.56 Å². The zero-order valence-corrected chi connectivity index (χ0v) is 7.13. The summed E-state index contributed by atoms with van der Waals surface area (Å²) in [4.78, 5) is 3.90. The summed E-state index contributed by atoms with van der Waals surface area (Å²) in [5, 5.41) is 8.51. The summed E-state index contributed by atoms with van der Waals surface area (Å²) in [7, 11) is 0. The average molecular weight is 202 g/mol. The Labute approximate surface area is 78.4 Å². The van der Waals surface area contributed by atoms with Crippen LogP contribution >= 0.6 is 12.6 Å². The molecule has 68 valence electrons. The minimum Gasteiger partial charge on any atom is -0.415 e. The molecule has 0 atom stereocenters. The monoisotopic (exact) mass is 202 g/mol. The largest absolute Gasteiger partial charge is 0.415 e. The van der Waals surface area contributed by atoms with Gasteiger partial charge in [-0.1, -0.05) is 0 Å². The highest BCUT2D eigenvalue weighted by atomic mass is 32.1. The molecule has 0 saturated heterocycles. The smallest absolute Gasteiger partial charge is 0.388 e. The summed E-state index contributed by atoms with van der Waals surface area (Å²) < 4.78 is 27.5. The number of rotatable bonds is 2. The van der Waals surface area contributed by atoms with Gasteiger partial charge >= 0.3 is 6.61 Å². The number of hydrogen-bond donors (Lipinski definition) is 1. The fraction of sp³-hybridized carbons (Fsp3) is 0.143. The molecule has 0 aromatic carbocycles. The molecule has 0 spiro atoms. The van der Waals surface area contributed by atoms with Crippen molar-refractivity contribution in [1.29, 1.82) is 5.26 Å². The third-order valence-electron chi connectivity index (χ3n) is 1.16. The highest BCUT2D eigenvalue weighted by Crippen LogP contribution is 2.19. The van der Waals surface area contributed by atoms with Crippen molar-refractivity contribution in [3.8, 4) is 11.9 Å². The lowest BCUT2D eigenvalue weighted by molar-refractivity contribution is -0.0531. The Morgan fingerprint density at radius 1 is 1.62 bits per heavy atom. The van der Waals surface area contributed by atoms with Crippen LogP contribution < -0.4 is 4.74 Å². The Hall–Kier alpha value is -1.35. The molecule has 0 unspecified atom stereocenters. The van der Waals surface area contributed by atoms with Gasteiger partial charge in [-0.05, 0) is 6.07 Å². The summed E-state index contributed by atoms with van der Waals surface area (Å²) in [6.07, 6.45) is 1.22. The van der Waals surface area contributed by atoms with Crippen molar-refractivity contribution in [3.05, 3.63) is 17.8 Å². The van der Waals surface area contributed by atoms with Gasteiger partial charge in [0.15, 0.2) is 0 Å². The van der Waals surface area contributed by atoms with E-state index in [0.717, 1.165) is 0 Å². The van der Waals surface area contributed by atoms with Gasteiger partial charge in [0.2, 0.25) is 5.88 Å². The molecule has 1 rings (SSSR count). The summed E-state index contributed by atoms with van der Waals surface area (Å²) in [5.74, 6) is -0.379. The first-order valence-corrected chi connectivity index (χ1v) is 3.62. The molecule has 0 N–H and O–H groups in total. The van der Waals surface area contributed by atoms with Crippen molar-refractivity contribution >= 4 is 12.6 Å². The van der Waals surface area contributed by atoms with Crippen LogP contribution in [0.15, 0.2) is 17.2 Å². The molecule has 1 aromatic heterocycles. The highest BCUT2D eigenvalue weighted by molar-refractivity contribution is 7.80. The molecule has 13 heavy (non-hydrogen) atoms. The number of thiol groups is 1. The molecular weight excluding hydrogens is 198 g/mol. The highest BCUT2D eigenvalue weighted by Gasteiger charge is 2.10. The summed E-state index contributed by atoms with van der Waals surface area (Å²) in [6.45, 7) is -2.98. The Bertz CT molecular complexity index is 351. The maximum atomic E-state index is 11.7. The van der Waals surface area contributed by atoms with E-state index in [4.69, 9.17) is 5.26 Å². The van der Waals surface area contributed by atoms with E-state index in [1.807, 2.05) is 0 Å². The number of nitriles is 1. The van der Waals surface area contributed by atoms with Crippen LogP contribution in [0.5, 0.6) is 5.88 Å². The molecule has 3 nitrogen and oxygen atoms in total. The first kappa shape index (κ1) is 9.74. The number of alkyl halides is 2. The summed E-state index contributed by atoms with van der Waals surface area (Å²) >= 11 is 3.89. The first-order chi connectivity index (χ1) is 6.13. The van der Waals surface area contributed by atoms with Crippen LogP contribution in [-0.4, -0.2) is 11.6 Å². The number of aromatic nitrogens is 1. The van der Waals surface area contributed by atoms with Gasteiger partial charge in [-0.3, -0.25) is 0 Å². The fourth-order valence-corrected chi connectivity index (χ4v) is 0.886. The lowest BCUT2D eigenvalue weighted by Gasteiger charge is -2.04. The Kier molecular flexibility index (Phi) is 3.03. The normalized spacial score (nSPS) is 9.77. The SMILES string of the molecule is N#Cc1cc(S)cnc1OC(F)F. The van der Waals surface area contributed by atoms with Gasteiger partial charge in [-0.15, -0.1) is 12.6 Å². The predicted octanol–water partition coefficient (Wildman–Crippen LogP) is 1.84. The van der Waals surface area contributed by atoms with Gasteiger partial charge in [0.05, 0.1) is 0 Å². The van der Waals surface area contributed by atoms with Crippen LogP contribution in [0.2, 0.25) is 0 Å². The first-order valence-electron chi connectivity index (χ1n) is 3.17. The maximum Gasteiger partial charge on any atom is 0.388 e. The van der Waals surface area contributed by atoms with Crippen molar-refractivity contribution in [3.63, 3.8) is 0 Å². The van der Waals surface area contributed by atoms with Crippen LogP contribution in [0.25, 0.3) is 0 Å². The average Bonchev–Trinajstić information content (AvgIpc) is 2.07. The molecular formula is C7H4F2N2OS. The quantitative estimate of drug-likeness (QED) is 0.744. The topological polar surface area (TPSA) is 45.9 Å². The third kappa shape index (κ3) is 2.56. The van der Waals surface area contributed by atoms with E-state index in [0.29, 0.717) is 4.90 Å². The molecule has 1 aromatic rings. The second-order valence-corrected chi connectivity index (χ2v) is 2.55. The fourth-order valence-electron chi connectivity index (χ4n) is 0.700. The van der Waals surface area contributed by atoms with Crippen molar-refractivity contribution in [1.82, 2.24) is 4.98 Å². The van der Waals surface area contributed by atoms with Crippen molar-refractivity contribution in [2.45, 2.75) is 11.5 Å². The maximum absolute atomic E-state index is 11.7. The van der Waals surface area contributed by atoms with Crippen LogP contribution in [0, 0.1) is 11.3 Å². The molecule has 6 heteroatoms. The van der Waals surface area contributed by atoms with Crippen molar-refractivity contribution in [2.24, 2.45) is 0 Å². The number of hydrogen-bond acceptors (Lipinski definition) is 4. The van der Waals surface area contributed by atoms with E-state index >= 15 is 0 Å². The molecule has 0 radical (unpaired) electrons. The predicted molar refractivity (Wildman–Crippen MR) is 42.8 cm³/mol. The van der Waals surface area contributed by atoms with Crippen molar-refractivity contribution < 1.29 is 13.5 Å². The molecule has 0 saturated carbocycles. The van der Waals surface area contributed by atoms with Crippen LogP contribution in [-0.2, 0) is 0 Å². The minimum atomic E-state index is -2.98. The van der Waals surface area contributed by atoms with Gasteiger partial charge < -0.3 is 4.74 Å². The number of halogens is 2. The molecule has 0 aliphatic rings. The van der Waals surface area contributed by atoms with Gasteiger partial charge in [-0.2, -0.15) is 14.0 Å². The molecule has 0 bridgehead atoms. The standard InChI is InChI=1S/C7H4F2N2OS/c8-7(9)12-6-4(2-10)1-5(13)3-11-6/h1,3,7,13H. The zero-order chi connectivity index (χ0) is 9.84. The Balaban J connectivity index is 3.01. The molecule has 0 aliphatic heterocycles. The van der Waals surface area contributed by atoms with E-state index in [1.165, 1.54) is 12.3 Å². The second kappa shape index (κ2) is 4.05. The molecule has 0 fully saturated rings. The summed E-state index contributed by atoms with van der Waals surface area (Å²) in [6, 6.07) is 2.97. The van der Waals surface area contributed by atoms with E-state index in [9.17, 15) is 8.78 Å². The second-order valence-electron chi connectivity index (χ2n) is 2.04. The third-order valence-corrected chi connectivity index (χ3v) is 1.40. The van der Waals surface area contributed by atoms with Crippen LogP contribution in [0.4, 0.5) is 8.78 Å². The number of ether oxygens (including phenoxy) is 1. The number of nitrogens with zero attached hydrogens (tertiary/aromatic N) is 2. The lowest BCUT2D eigenvalue weighted by atomic mass is 10.3. The molecule has 1 heterocycles. The van der Waals surface area contributed by atoms with E-state index < -0.39 is 6.61 Å².